The Morgan fingerprint density at radius 2 is 1.83 bits per heavy atom. The molecule has 3 rings (SSSR count). The number of carbonyl (C=O) groups excluding carboxylic acids is 2. The van der Waals surface area contributed by atoms with Crippen molar-refractivity contribution in [3.8, 4) is 5.75 Å². The molecule has 0 radical (unpaired) electrons. The smallest absolute Gasteiger partial charge is 0.321 e. The summed E-state index contributed by atoms with van der Waals surface area (Å²) < 4.78 is 10.4. The Kier molecular flexibility index (Phi) is 8.74. The number of amides is 1. The van der Waals surface area contributed by atoms with Crippen molar-refractivity contribution in [3.63, 3.8) is 0 Å². The van der Waals surface area contributed by atoms with E-state index >= 15 is 0 Å². The molecule has 0 bridgehead atoms. The van der Waals surface area contributed by atoms with Crippen LogP contribution in [0.4, 0.5) is 0 Å². The van der Waals surface area contributed by atoms with Crippen LogP contribution in [0.3, 0.4) is 0 Å². The van der Waals surface area contributed by atoms with Crippen molar-refractivity contribution < 1.29 is 19.1 Å². The van der Waals surface area contributed by atoms with Crippen LogP contribution >= 0.6 is 11.8 Å². The lowest BCUT2D eigenvalue weighted by Crippen LogP contribution is -2.57. The molecule has 9 heteroatoms. The maximum absolute atomic E-state index is 13.2. The second-order valence-electron chi connectivity index (χ2n) is 9.24. The number of fused-ring (bicyclic) bond motifs is 1. The number of thioether (sulfide) groups is 1. The normalized spacial score (nSPS) is 19.7. The van der Waals surface area contributed by atoms with Crippen LogP contribution in [0.1, 0.15) is 67.2 Å². The highest BCUT2D eigenvalue weighted by molar-refractivity contribution is 8.01. The first kappa shape index (κ1) is 26.9. The summed E-state index contributed by atoms with van der Waals surface area (Å²) in [6, 6.07) is 7.65. The molecule has 0 spiro atoms. The van der Waals surface area contributed by atoms with Gasteiger partial charge in [0, 0.05) is 11.4 Å². The standard InChI is InChI=1S/C26H36N4O4S/c1-7-11-20-21-22(29-28-20)23(31)30(26(6,8-2)27-21)16-10-17-34-18-12-14-19(15-13-18)35-25(4,5)24(32)33-9-3/h12-15H,7-11,16-17H2,1-6H3. The molecule has 0 aromatic heterocycles. The molecule has 2 aliphatic rings. The monoisotopic (exact) mass is 500 g/mol. The predicted octanol–water partition coefficient (Wildman–Crippen LogP) is 4.91. The van der Waals surface area contributed by atoms with Gasteiger partial charge < -0.3 is 14.4 Å². The van der Waals surface area contributed by atoms with Crippen LogP contribution in [0.15, 0.2) is 44.4 Å². The third-order valence-corrected chi connectivity index (χ3v) is 7.25. The van der Waals surface area contributed by atoms with Gasteiger partial charge in [-0.3, -0.25) is 14.6 Å². The van der Waals surface area contributed by atoms with Crippen molar-refractivity contribution in [1.29, 1.82) is 0 Å². The maximum Gasteiger partial charge on any atom is 0.321 e. The van der Waals surface area contributed by atoms with Crippen LogP contribution in [0.25, 0.3) is 0 Å². The molecule has 0 saturated heterocycles. The SMILES string of the molecule is CCCC1=NN=C2C(=O)N(CCCOc3ccc(SC(C)(C)C(=O)OCC)cc3)C(C)(CC)N=C12. The summed E-state index contributed by atoms with van der Waals surface area (Å²) in [5.74, 6) is 0.397. The van der Waals surface area contributed by atoms with E-state index in [1.54, 1.807) is 11.8 Å². The first-order chi connectivity index (χ1) is 16.6. The molecular formula is C26H36N4O4S. The fourth-order valence-corrected chi connectivity index (χ4v) is 4.93. The summed E-state index contributed by atoms with van der Waals surface area (Å²) in [4.78, 5) is 33.0. The van der Waals surface area contributed by atoms with E-state index in [1.807, 2.05) is 52.0 Å². The third kappa shape index (κ3) is 6.12. The molecule has 1 unspecified atom stereocenters. The number of aliphatic imine (C=N–C) groups is 1. The van der Waals surface area contributed by atoms with Crippen molar-refractivity contribution in [2.24, 2.45) is 15.2 Å². The molecule has 1 atom stereocenters. The highest BCUT2D eigenvalue weighted by atomic mass is 32.2. The summed E-state index contributed by atoms with van der Waals surface area (Å²) >= 11 is 1.46. The summed E-state index contributed by atoms with van der Waals surface area (Å²) in [6.07, 6.45) is 3.07. The number of hydrogen-bond donors (Lipinski definition) is 0. The van der Waals surface area contributed by atoms with Gasteiger partial charge in [0.2, 0.25) is 0 Å². The van der Waals surface area contributed by atoms with Crippen molar-refractivity contribution in [1.82, 2.24) is 4.90 Å². The Bertz CT molecular complexity index is 1030. The van der Waals surface area contributed by atoms with E-state index in [-0.39, 0.29) is 11.9 Å². The van der Waals surface area contributed by atoms with E-state index in [0.29, 0.717) is 44.0 Å². The van der Waals surface area contributed by atoms with Gasteiger partial charge in [-0.25, -0.2) is 0 Å². The zero-order chi connectivity index (χ0) is 25.6. The fraction of sp³-hybridized carbons (Fsp3) is 0.577. The largest absolute Gasteiger partial charge is 0.494 e. The van der Waals surface area contributed by atoms with Gasteiger partial charge in [-0.05, 0) is 71.2 Å². The molecule has 2 aliphatic heterocycles. The van der Waals surface area contributed by atoms with Gasteiger partial charge in [0.25, 0.3) is 5.91 Å². The molecule has 190 valence electrons. The van der Waals surface area contributed by atoms with E-state index in [2.05, 4.69) is 17.1 Å². The van der Waals surface area contributed by atoms with E-state index in [1.165, 1.54) is 11.8 Å². The maximum atomic E-state index is 13.2. The number of benzene rings is 1. The highest BCUT2D eigenvalue weighted by Crippen LogP contribution is 2.34. The molecule has 0 saturated carbocycles. The van der Waals surface area contributed by atoms with Gasteiger partial charge in [0.15, 0.2) is 5.71 Å². The average molecular weight is 501 g/mol. The molecule has 0 fully saturated rings. The van der Waals surface area contributed by atoms with Gasteiger partial charge in [-0.2, -0.15) is 5.10 Å². The Labute approximate surface area is 212 Å². The van der Waals surface area contributed by atoms with Gasteiger partial charge in [-0.1, -0.05) is 20.3 Å². The van der Waals surface area contributed by atoms with Gasteiger partial charge in [0.1, 0.15) is 21.9 Å². The van der Waals surface area contributed by atoms with E-state index in [9.17, 15) is 9.59 Å². The van der Waals surface area contributed by atoms with Crippen molar-refractivity contribution in [3.05, 3.63) is 24.3 Å². The molecular weight excluding hydrogens is 464 g/mol. The minimum Gasteiger partial charge on any atom is -0.494 e. The summed E-state index contributed by atoms with van der Waals surface area (Å²) in [5, 5.41) is 8.35. The molecule has 1 amide bonds. The second kappa shape index (κ2) is 11.4. The lowest BCUT2D eigenvalue weighted by molar-refractivity contribution is -0.145. The first-order valence-electron chi connectivity index (χ1n) is 12.3. The summed E-state index contributed by atoms with van der Waals surface area (Å²) in [7, 11) is 0. The van der Waals surface area contributed by atoms with Crippen LogP contribution < -0.4 is 4.74 Å². The minimum atomic E-state index is -0.667. The number of ether oxygens (including phenoxy) is 2. The second-order valence-corrected chi connectivity index (χ2v) is 10.9. The van der Waals surface area contributed by atoms with Crippen molar-refractivity contribution in [2.75, 3.05) is 19.8 Å². The Hall–Kier alpha value is -2.68. The molecule has 35 heavy (non-hydrogen) atoms. The fourth-order valence-electron chi connectivity index (χ4n) is 3.93. The van der Waals surface area contributed by atoms with Gasteiger partial charge in [0.05, 0.1) is 18.9 Å². The van der Waals surface area contributed by atoms with E-state index < -0.39 is 10.4 Å². The number of hydrogen-bond acceptors (Lipinski definition) is 8. The molecule has 1 aromatic rings. The van der Waals surface area contributed by atoms with Crippen LogP contribution in [0.5, 0.6) is 5.75 Å². The molecule has 1 aromatic carbocycles. The molecule has 0 N–H and O–H groups in total. The van der Waals surface area contributed by atoms with Crippen LogP contribution in [0, 0.1) is 0 Å². The number of esters is 1. The lowest BCUT2D eigenvalue weighted by Gasteiger charge is -2.41. The van der Waals surface area contributed by atoms with Crippen LogP contribution in [0.2, 0.25) is 0 Å². The molecule has 8 nitrogen and oxygen atoms in total. The Balaban J connectivity index is 1.55. The zero-order valence-electron chi connectivity index (χ0n) is 21.6. The first-order valence-corrected chi connectivity index (χ1v) is 13.1. The molecule has 0 aliphatic carbocycles. The molecule has 2 heterocycles. The highest BCUT2D eigenvalue weighted by Gasteiger charge is 2.44. The predicted molar refractivity (Wildman–Crippen MR) is 141 cm³/mol. The minimum absolute atomic E-state index is 0.111. The van der Waals surface area contributed by atoms with Crippen molar-refractivity contribution >= 4 is 40.8 Å². The van der Waals surface area contributed by atoms with Gasteiger partial charge in [-0.15, -0.1) is 16.9 Å². The van der Waals surface area contributed by atoms with Crippen LogP contribution in [-0.2, 0) is 14.3 Å². The van der Waals surface area contributed by atoms with Crippen molar-refractivity contribution in [2.45, 2.75) is 82.5 Å². The van der Waals surface area contributed by atoms with Gasteiger partial charge >= 0.3 is 5.97 Å². The number of rotatable bonds is 12. The summed E-state index contributed by atoms with van der Waals surface area (Å²) in [6.45, 7) is 13.0. The number of nitrogens with zero attached hydrogens (tertiary/aromatic N) is 4. The van der Waals surface area contributed by atoms with Crippen LogP contribution in [-0.4, -0.2) is 64.1 Å². The lowest BCUT2D eigenvalue weighted by atomic mass is 9.97. The van der Waals surface area contributed by atoms with E-state index in [0.717, 1.165) is 29.2 Å². The Morgan fingerprint density at radius 1 is 1.11 bits per heavy atom. The summed E-state index contributed by atoms with van der Waals surface area (Å²) in [5.41, 5.74) is 1.22. The third-order valence-electron chi connectivity index (χ3n) is 6.07. The zero-order valence-corrected chi connectivity index (χ0v) is 22.4. The Morgan fingerprint density at radius 3 is 2.46 bits per heavy atom. The average Bonchev–Trinajstić information content (AvgIpc) is 3.22. The van der Waals surface area contributed by atoms with E-state index in [4.69, 9.17) is 14.5 Å². The number of carbonyl (C=O) groups is 2. The topological polar surface area (TPSA) is 92.9 Å². The quantitative estimate of drug-likeness (QED) is 0.231.